The number of halogens is 1. The van der Waals surface area contributed by atoms with Crippen molar-refractivity contribution < 1.29 is 4.79 Å². The van der Waals surface area contributed by atoms with Crippen molar-refractivity contribution in [2.75, 3.05) is 19.6 Å². The summed E-state index contributed by atoms with van der Waals surface area (Å²) in [6.07, 6.45) is 1.96. The number of rotatable bonds is 8. The Kier molecular flexibility index (Phi) is 7.13. The van der Waals surface area contributed by atoms with Gasteiger partial charge in [0.05, 0.1) is 0 Å². The highest BCUT2D eigenvalue weighted by Gasteiger charge is 2.03. The predicted molar refractivity (Wildman–Crippen MR) is 94.1 cm³/mol. The van der Waals surface area contributed by atoms with Crippen LogP contribution < -0.4 is 10.6 Å². The summed E-state index contributed by atoms with van der Waals surface area (Å²) in [7, 11) is 0. The van der Waals surface area contributed by atoms with Crippen LogP contribution >= 0.6 is 15.9 Å². The molecule has 0 aliphatic heterocycles. The van der Waals surface area contributed by atoms with Crippen LogP contribution in [0.2, 0.25) is 0 Å². The van der Waals surface area contributed by atoms with Gasteiger partial charge in [-0.2, -0.15) is 0 Å². The fourth-order valence-electron chi connectivity index (χ4n) is 2.12. The molecule has 0 fully saturated rings. The van der Waals surface area contributed by atoms with Crippen LogP contribution in [0.3, 0.4) is 0 Å². The molecule has 1 amide bonds. The van der Waals surface area contributed by atoms with Crippen molar-refractivity contribution >= 4 is 21.8 Å². The molecular weight excluding hydrogens is 340 g/mol. The highest BCUT2D eigenvalue weighted by molar-refractivity contribution is 9.10. The van der Waals surface area contributed by atoms with Gasteiger partial charge < -0.3 is 10.6 Å². The fraction of sp³-hybridized carbons (Fsp3) is 0.278. The number of benzene rings is 2. The Hall–Kier alpha value is -1.65. The third-order valence-electron chi connectivity index (χ3n) is 3.36. The number of carbonyl (C=O) groups is 1. The molecule has 116 valence electrons. The van der Waals surface area contributed by atoms with Gasteiger partial charge in [0, 0.05) is 16.6 Å². The lowest BCUT2D eigenvalue weighted by atomic mass is 10.1. The number of hydrogen-bond donors (Lipinski definition) is 2. The molecule has 2 N–H and O–H groups in total. The summed E-state index contributed by atoms with van der Waals surface area (Å²) in [5.41, 5.74) is 2.04. The first-order valence-corrected chi connectivity index (χ1v) is 8.33. The van der Waals surface area contributed by atoms with Crippen molar-refractivity contribution in [1.29, 1.82) is 0 Å². The SMILES string of the molecule is O=C(NCCCNCCc1ccccc1)c1ccc(Br)cc1. The largest absolute Gasteiger partial charge is 0.352 e. The predicted octanol–water partition coefficient (Wildman–Crippen LogP) is 3.40. The Morgan fingerprint density at radius 2 is 1.64 bits per heavy atom. The minimum absolute atomic E-state index is 0.0169. The lowest BCUT2D eigenvalue weighted by Crippen LogP contribution is -2.27. The van der Waals surface area contributed by atoms with E-state index in [0.717, 1.165) is 30.4 Å². The fourth-order valence-corrected chi connectivity index (χ4v) is 2.39. The Morgan fingerprint density at radius 3 is 2.36 bits per heavy atom. The first-order chi connectivity index (χ1) is 10.8. The van der Waals surface area contributed by atoms with E-state index in [1.54, 1.807) is 0 Å². The molecule has 0 aliphatic rings. The smallest absolute Gasteiger partial charge is 0.251 e. The zero-order chi connectivity index (χ0) is 15.6. The lowest BCUT2D eigenvalue weighted by Gasteiger charge is -2.07. The quantitative estimate of drug-likeness (QED) is 0.708. The topological polar surface area (TPSA) is 41.1 Å². The Labute approximate surface area is 140 Å². The second-order valence-corrected chi connectivity index (χ2v) is 6.02. The van der Waals surface area contributed by atoms with Gasteiger partial charge in [0.25, 0.3) is 5.91 Å². The minimum atomic E-state index is -0.0169. The van der Waals surface area contributed by atoms with E-state index in [-0.39, 0.29) is 5.91 Å². The van der Waals surface area contributed by atoms with Crippen molar-refractivity contribution in [2.24, 2.45) is 0 Å². The zero-order valence-corrected chi connectivity index (χ0v) is 14.1. The molecule has 3 nitrogen and oxygen atoms in total. The molecule has 0 atom stereocenters. The van der Waals surface area contributed by atoms with E-state index in [1.165, 1.54) is 5.56 Å². The van der Waals surface area contributed by atoms with Crippen LogP contribution in [0.5, 0.6) is 0 Å². The van der Waals surface area contributed by atoms with Crippen molar-refractivity contribution in [3.63, 3.8) is 0 Å². The third-order valence-corrected chi connectivity index (χ3v) is 3.88. The number of amides is 1. The van der Waals surface area contributed by atoms with E-state index >= 15 is 0 Å². The molecule has 0 bridgehead atoms. The van der Waals surface area contributed by atoms with Gasteiger partial charge in [-0.15, -0.1) is 0 Å². The number of nitrogens with one attached hydrogen (secondary N) is 2. The van der Waals surface area contributed by atoms with E-state index in [0.29, 0.717) is 12.1 Å². The molecular formula is C18H21BrN2O. The van der Waals surface area contributed by atoms with Gasteiger partial charge in [0.2, 0.25) is 0 Å². The Balaban J connectivity index is 1.54. The average molecular weight is 361 g/mol. The van der Waals surface area contributed by atoms with Crippen molar-refractivity contribution in [1.82, 2.24) is 10.6 Å². The van der Waals surface area contributed by atoms with Crippen LogP contribution in [0.25, 0.3) is 0 Å². The summed E-state index contributed by atoms with van der Waals surface area (Å²) in [6, 6.07) is 17.8. The second-order valence-electron chi connectivity index (χ2n) is 5.10. The zero-order valence-electron chi connectivity index (χ0n) is 12.5. The molecule has 0 spiro atoms. The molecule has 0 heterocycles. The molecule has 0 saturated carbocycles. The average Bonchev–Trinajstić information content (AvgIpc) is 2.55. The summed E-state index contributed by atoms with van der Waals surface area (Å²) in [5, 5.41) is 6.33. The van der Waals surface area contributed by atoms with E-state index in [1.807, 2.05) is 30.3 Å². The van der Waals surface area contributed by atoms with E-state index in [2.05, 4.69) is 50.8 Å². The molecule has 0 saturated heterocycles. The van der Waals surface area contributed by atoms with Crippen LogP contribution in [-0.2, 0) is 6.42 Å². The van der Waals surface area contributed by atoms with Gasteiger partial charge in [-0.25, -0.2) is 0 Å². The molecule has 0 radical (unpaired) electrons. The molecule has 0 unspecified atom stereocenters. The van der Waals surface area contributed by atoms with Crippen LogP contribution in [0.4, 0.5) is 0 Å². The highest BCUT2D eigenvalue weighted by atomic mass is 79.9. The Bertz CT molecular complexity index is 569. The highest BCUT2D eigenvalue weighted by Crippen LogP contribution is 2.10. The first-order valence-electron chi connectivity index (χ1n) is 7.54. The maximum absolute atomic E-state index is 11.9. The molecule has 0 aliphatic carbocycles. The maximum Gasteiger partial charge on any atom is 0.251 e. The summed E-state index contributed by atoms with van der Waals surface area (Å²) < 4.78 is 0.978. The number of carbonyl (C=O) groups excluding carboxylic acids is 1. The monoisotopic (exact) mass is 360 g/mol. The summed E-state index contributed by atoms with van der Waals surface area (Å²) in [6.45, 7) is 2.56. The molecule has 22 heavy (non-hydrogen) atoms. The van der Waals surface area contributed by atoms with Gasteiger partial charge in [0.15, 0.2) is 0 Å². The number of hydrogen-bond acceptors (Lipinski definition) is 2. The molecule has 2 aromatic carbocycles. The molecule has 2 rings (SSSR count). The van der Waals surface area contributed by atoms with Crippen LogP contribution in [0.1, 0.15) is 22.3 Å². The van der Waals surface area contributed by atoms with Crippen molar-refractivity contribution in [3.8, 4) is 0 Å². The molecule has 2 aromatic rings. The maximum atomic E-state index is 11.9. The van der Waals surface area contributed by atoms with Crippen molar-refractivity contribution in [2.45, 2.75) is 12.8 Å². The summed E-state index contributed by atoms with van der Waals surface area (Å²) >= 11 is 3.36. The second kappa shape index (κ2) is 9.38. The standard InChI is InChI=1S/C18H21BrN2O/c19-17-9-7-16(8-10-17)18(22)21-13-4-12-20-14-11-15-5-2-1-3-6-15/h1-3,5-10,20H,4,11-14H2,(H,21,22). The molecule has 0 aromatic heterocycles. The Morgan fingerprint density at radius 1 is 0.909 bits per heavy atom. The van der Waals surface area contributed by atoms with E-state index in [9.17, 15) is 4.79 Å². The van der Waals surface area contributed by atoms with Crippen molar-refractivity contribution in [3.05, 3.63) is 70.2 Å². The van der Waals surface area contributed by atoms with Gasteiger partial charge in [-0.3, -0.25) is 4.79 Å². The van der Waals surface area contributed by atoms with E-state index in [4.69, 9.17) is 0 Å². The van der Waals surface area contributed by atoms with Crippen LogP contribution in [-0.4, -0.2) is 25.5 Å². The lowest BCUT2D eigenvalue weighted by molar-refractivity contribution is 0.0953. The van der Waals surface area contributed by atoms with E-state index < -0.39 is 0 Å². The first kappa shape index (κ1) is 16.7. The molecule has 4 heteroatoms. The summed E-state index contributed by atoms with van der Waals surface area (Å²) in [4.78, 5) is 11.9. The van der Waals surface area contributed by atoms with Crippen LogP contribution in [0.15, 0.2) is 59.1 Å². The van der Waals surface area contributed by atoms with Gasteiger partial charge >= 0.3 is 0 Å². The van der Waals surface area contributed by atoms with Gasteiger partial charge in [-0.1, -0.05) is 46.3 Å². The van der Waals surface area contributed by atoms with Gasteiger partial charge in [-0.05, 0) is 55.8 Å². The third kappa shape index (κ3) is 6.00. The van der Waals surface area contributed by atoms with Crippen LogP contribution in [0, 0.1) is 0 Å². The minimum Gasteiger partial charge on any atom is -0.352 e. The normalized spacial score (nSPS) is 10.4. The summed E-state index contributed by atoms with van der Waals surface area (Å²) in [5.74, 6) is -0.0169. The van der Waals surface area contributed by atoms with Gasteiger partial charge in [0.1, 0.15) is 0 Å².